The Bertz CT molecular complexity index is 1600. The zero-order valence-electron chi connectivity index (χ0n) is 21.5. The maximum Gasteiger partial charge on any atom is 0.188 e. The molecule has 38 heavy (non-hydrogen) atoms. The summed E-state index contributed by atoms with van der Waals surface area (Å²) in [5, 5.41) is 4.28. The third kappa shape index (κ3) is 6.44. The molecule has 0 saturated carbocycles. The molecule has 2 aromatic heterocycles. The van der Waals surface area contributed by atoms with Crippen LogP contribution in [0.4, 0.5) is 11.5 Å². The van der Waals surface area contributed by atoms with Crippen LogP contribution in [0.2, 0.25) is 0 Å². The second kappa shape index (κ2) is 10.7. The highest BCUT2D eigenvalue weighted by molar-refractivity contribution is 7.90. The standard InChI is InChI=1S/C28H29N5O4S/c1-18-12-21(6-9-26(18)37-23-7-4-19(2)29-15-23)33-28-24-13-20(5-8-25(24)30-17-31-28)14-27-32-22(16-36-27)10-11-38(3,34)35/h4-9,12-13,15,17,22H,10-11,14,16H2,1-3H3,(H,30,31,33). The number of aliphatic imine (C=N–C) groups is 1. The van der Waals surface area contributed by atoms with E-state index in [-0.39, 0.29) is 11.8 Å². The van der Waals surface area contributed by atoms with Gasteiger partial charge < -0.3 is 14.8 Å². The molecule has 1 unspecified atom stereocenters. The first kappa shape index (κ1) is 25.6. The molecule has 0 radical (unpaired) electrons. The van der Waals surface area contributed by atoms with Crippen molar-refractivity contribution in [2.24, 2.45) is 4.99 Å². The van der Waals surface area contributed by atoms with Crippen molar-refractivity contribution < 1.29 is 17.9 Å². The fourth-order valence-electron chi connectivity index (χ4n) is 4.17. The van der Waals surface area contributed by atoms with Gasteiger partial charge in [0.15, 0.2) is 5.90 Å². The number of hydrogen-bond acceptors (Lipinski definition) is 9. The summed E-state index contributed by atoms with van der Waals surface area (Å²) in [6.07, 6.45) is 5.47. The van der Waals surface area contributed by atoms with Crippen molar-refractivity contribution >= 4 is 38.1 Å². The summed E-state index contributed by atoms with van der Waals surface area (Å²) in [5.41, 5.74) is 4.60. The number of hydrogen-bond donors (Lipinski definition) is 1. The fourth-order valence-corrected chi connectivity index (χ4v) is 4.87. The topological polar surface area (TPSA) is 116 Å². The Morgan fingerprint density at radius 2 is 1.92 bits per heavy atom. The van der Waals surface area contributed by atoms with Crippen LogP contribution in [0.1, 0.15) is 23.2 Å². The summed E-state index contributed by atoms with van der Waals surface area (Å²) >= 11 is 0. The van der Waals surface area contributed by atoms with E-state index in [0.717, 1.165) is 39.2 Å². The smallest absolute Gasteiger partial charge is 0.188 e. The predicted molar refractivity (Wildman–Crippen MR) is 148 cm³/mol. The number of benzene rings is 2. The molecular formula is C28H29N5O4S. The maximum absolute atomic E-state index is 11.5. The van der Waals surface area contributed by atoms with Gasteiger partial charge in [-0.2, -0.15) is 0 Å². The first-order valence-electron chi connectivity index (χ1n) is 12.3. The third-order valence-corrected chi connectivity index (χ3v) is 7.17. The highest BCUT2D eigenvalue weighted by atomic mass is 32.2. The third-order valence-electron chi connectivity index (χ3n) is 6.20. The number of ether oxygens (including phenoxy) is 2. The average molecular weight is 532 g/mol. The van der Waals surface area contributed by atoms with Crippen LogP contribution in [0.3, 0.4) is 0 Å². The van der Waals surface area contributed by atoms with Crippen LogP contribution in [-0.2, 0) is 21.0 Å². The van der Waals surface area contributed by atoms with Gasteiger partial charge in [0.1, 0.15) is 40.1 Å². The molecule has 0 aliphatic carbocycles. The summed E-state index contributed by atoms with van der Waals surface area (Å²) < 4.78 is 34.6. The van der Waals surface area contributed by atoms with Crippen molar-refractivity contribution in [3.05, 3.63) is 77.9 Å². The van der Waals surface area contributed by atoms with E-state index in [0.29, 0.717) is 36.9 Å². The number of pyridine rings is 1. The Kier molecular flexibility index (Phi) is 7.24. The van der Waals surface area contributed by atoms with Gasteiger partial charge in [-0.25, -0.2) is 23.4 Å². The lowest BCUT2D eigenvalue weighted by atomic mass is 10.1. The number of nitrogens with zero attached hydrogens (tertiary/aromatic N) is 4. The molecule has 0 saturated heterocycles. The summed E-state index contributed by atoms with van der Waals surface area (Å²) in [5.74, 6) is 2.85. The van der Waals surface area contributed by atoms with Crippen LogP contribution in [-0.4, -0.2) is 53.9 Å². The molecular weight excluding hydrogens is 502 g/mol. The molecule has 196 valence electrons. The summed E-state index contributed by atoms with van der Waals surface area (Å²) in [6, 6.07) is 15.5. The Hall–Kier alpha value is -4.05. The zero-order valence-corrected chi connectivity index (χ0v) is 22.3. The van der Waals surface area contributed by atoms with Gasteiger partial charge >= 0.3 is 0 Å². The minimum atomic E-state index is -3.02. The lowest BCUT2D eigenvalue weighted by Gasteiger charge is -2.13. The van der Waals surface area contributed by atoms with E-state index >= 15 is 0 Å². The van der Waals surface area contributed by atoms with E-state index in [4.69, 9.17) is 9.47 Å². The number of aromatic nitrogens is 3. The lowest BCUT2D eigenvalue weighted by molar-refractivity contribution is 0.309. The van der Waals surface area contributed by atoms with Crippen LogP contribution < -0.4 is 10.1 Å². The SMILES string of the molecule is Cc1ccc(Oc2ccc(Nc3ncnc4ccc(CC5=NC(CCS(C)(=O)=O)CO5)cc34)cc2C)cn1. The minimum Gasteiger partial charge on any atom is -0.478 e. The van der Waals surface area contributed by atoms with Gasteiger partial charge in [0, 0.05) is 29.4 Å². The molecule has 10 heteroatoms. The first-order chi connectivity index (χ1) is 18.2. The highest BCUT2D eigenvalue weighted by Gasteiger charge is 2.21. The maximum atomic E-state index is 11.5. The van der Waals surface area contributed by atoms with Crippen molar-refractivity contribution in [1.29, 1.82) is 0 Å². The Morgan fingerprint density at radius 1 is 1.05 bits per heavy atom. The van der Waals surface area contributed by atoms with Gasteiger partial charge in [-0.1, -0.05) is 6.07 Å². The minimum absolute atomic E-state index is 0.107. The Morgan fingerprint density at radius 3 is 2.68 bits per heavy atom. The molecule has 9 nitrogen and oxygen atoms in total. The van der Waals surface area contributed by atoms with Crippen LogP contribution in [0, 0.1) is 13.8 Å². The molecule has 1 N–H and O–H groups in total. The monoisotopic (exact) mass is 531 g/mol. The highest BCUT2D eigenvalue weighted by Crippen LogP contribution is 2.30. The molecule has 4 aromatic rings. The second-order valence-electron chi connectivity index (χ2n) is 9.50. The first-order valence-corrected chi connectivity index (χ1v) is 14.4. The van der Waals surface area contributed by atoms with Crippen molar-refractivity contribution in [3.8, 4) is 11.5 Å². The number of fused-ring (bicyclic) bond motifs is 1. The van der Waals surface area contributed by atoms with Gasteiger partial charge in [0.05, 0.1) is 23.5 Å². The molecule has 2 aromatic carbocycles. The van der Waals surface area contributed by atoms with Crippen molar-refractivity contribution in [2.75, 3.05) is 23.9 Å². The predicted octanol–water partition coefficient (Wildman–Crippen LogP) is 4.95. The average Bonchev–Trinajstić information content (AvgIpc) is 3.33. The summed E-state index contributed by atoms with van der Waals surface area (Å²) in [7, 11) is -3.02. The Balaban J connectivity index is 1.31. The van der Waals surface area contributed by atoms with E-state index in [1.165, 1.54) is 12.6 Å². The normalized spacial score (nSPS) is 15.2. The molecule has 0 fully saturated rings. The fraction of sp³-hybridized carbons (Fsp3) is 0.286. The molecule has 5 rings (SSSR count). The van der Waals surface area contributed by atoms with Gasteiger partial charge in [0.2, 0.25) is 0 Å². The van der Waals surface area contributed by atoms with E-state index in [9.17, 15) is 8.42 Å². The molecule has 0 spiro atoms. The van der Waals surface area contributed by atoms with E-state index in [2.05, 4.69) is 25.3 Å². The van der Waals surface area contributed by atoms with Gasteiger partial charge in [0.25, 0.3) is 0 Å². The lowest BCUT2D eigenvalue weighted by Crippen LogP contribution is -2.13. The summed E-state index contributed by atoms with van der Waals surface area (Å²) in [4.78, 5) is 17.7. The van der Waals surface area contributed by atoms with Crippen LogP contribution >= 0.6 is 0 Å². The Labute approximate surface area is 221 Å². The van der Waals surface area contributed by atoms with Crippen molar-refractivity contribution in [3.63, 3.8) is 0 Å². The molecule has 3 heterocycles. The van der Waals surface area contributed by atoms with Crippen LogP contribution in [0.25, 0.3) is 10.9 Å². The van der Waals surface area contributed by atoms with E-state index < -0.39 is 9.84 Å². The number of rotatable bonds is 9. The van der Waals surface area contributed by atoms with Crippen LogP contribution in [0.5, 0.6) is 11.5 Å². The summed E-state index contributed by atoms with van der Waals surface area (Å²) in [6.45, 7) is 4.34. The van der Waals surface area contributed by atoms with Gasteiger partial charge in [-0.3, -0.25) is 4.98 Å². The molecule has 1 aliphatic heterocycles. The van der Waals surface area contributed by atoms with E-state index in [1.54, 1.807) is 6.20 Å². The van der Waals surface area contributed by atoms with Gasteiger partial charge in [-0.05, 0) is 73.9 Å². The van der Waals surface area contributed by atoms with Crippen molar-refractivity contribution in [1.82, 2.24) is 15.0 Å². The molecule has 0 bridgehead atoms. The largest absolute Gasteiger partial charge is 0.478 e. The van der Waals surface area contributed by atoms with Crippen molar-refractivity contribution in [2.45, 2.75) is 32.7 Å². The second-order valence-corrected chi connectivity index (χ2v) is 11.8. The van der Waals surface area contributed by atoms with Gasteiger partial charge in [-0.15, -0.1) is 0 Å². The number of aryl methyl sites for hydroxylation is 2. The molecule has 1 atom stereocenters. The molecule has 1 aliphatic rings. The van der Waals surface area contributed by atoms with E-state index in [1.807, 2.05) is 62.4 Å². The number of sulfone groups is 1. The number of nitrogens with one attached hydrogen (secondary N) is 1. The number of anilines is 2. The zero-order chi connectivity index (χ0) is 26.7. The van der Waals surface area contributed by atoms with Crippen LogP contribution in [0.15, 0.2) is 66.0 Å². The molecule has 0 amide bonds. The quantitative estimate of drug-likeness (QED) is 0.322.